The van der Waals surface area contributed by atoms with E-state index in [1.165, 1.54) is 11.1 Å². The zero-order chi connectivity index (χ0) is 15.5. The molecule has 0 bridgehead atoms. The van der Waals surface area contributed by atoms with E-state index >= 15 is 0 Å². The first-order chi connectivity index (χ1) is 10.6. The summed E-state index contributed by atoms with van der Waals surface area (Å²) in [5.74, 6) is 0.173. The molecule has 0 spiro atoms. The van der Waals surface area contributed by atoms with Gasteiger partial charge in [-0.3, -0.25) is 4.79 Å². The van der Waals surface area contributed by atoms with Gasteiger partial charge in [0.25, 0.3) is 5.91 Å². The third-order valence-corrected chi connectivity index (χ3v) is 4.34. The molecule has 1 amide bonds. The SMILES string of the molecule is C[C@H]1Cc2ccccc2N1C(=O)C[NH2+]Cc1ccc(Cl)cc1. The number of para-hydroxylation sites is 1. The van der Waals surface area contributed by atoms with Crippen LogP contribution < -0.4 is 10.2 Å². The van der Waals surface area contributed by atoms with E-state index in [1.54, 1.807) is 0 Å². The van der Waals surface area contributed by atoms with E-state index in [2.05, 4.69) is 13.0 Å². The highest BCUT2D eigenvalue weighted by Crippen LogP contribution is 2.31. The number of amides is 1. The van der Waals surface area contributed by atoms with Crippen LogP contribution in [0.2, 0.25) is 5.02 Å². The first-order valence-corrected chi connectivity index (χ1v) is 7.99. The molecule has 0 saturated heterocycles. The van der Waals surface area contributed by atoms with Crippen molar-refractivity contribution in [2.24, 2.45) is 0 Å². The summed E-state index contributed by atoms with van der Waals surface area (Å²) in [6, 6.07) is 16.2. The third-order valence-electron chi connectivity index (χ3n) is 4.09. The highest BCUT2D eigenvalue weighted by atomic mass is 35.5. The lowest BCUT2D eigenvalue weighted by molar-refractivity contribution is -0.659. The molecule has 0 fully saturated rings. The second kappa shape index (κ2) is 6.51. The minimum atomic E-state index is 0.173. The Balaban J connectivity index is 1.59. The molecule has 1 heterocycles. The molecule has 3 rings (SSSR count). The van der Waals surface area contributed by atoms with Crippen LogP contribution in [0.25, 0.3) is 0 Å². The molecule has 4 heteroatoms. The lowest BCUT2D eigenvalue weighted by Crippen LogP contribution is -2.85. The topological polar surface area (TPSA) is 36.9 Å². The van der Waals surface area contributed by atoms with Crippen molar-refractivity contribution < 1.29 is 10.1 Å². The number of halogens is 1. The quantitative estimate of drug-likeness (QED) is 0.924. The Bertz CT molecular complexity index is 669. The molecule has 0 saturated carbocycles. The highest BCUT2D eigenvalue weighted by molar-refractivity contribution is 6.30. The first kappa shape index (κ1) is 15.1. The largest absolute Gasteiger partial charge is 0.335 e. The van der Waals surface area contributed by atoms with E-state index in [9.17, 15) is 4.79 Å². The number of hydrogen-bond acceptors (Lipinski definition) is 1. The standard InChI is InChI=1S/C18H19ClN2O/c1-13-10-15-4-2-3-5-17(15)21(13)18(22)12-20-11-14-6-8-16(19)9-7-14/h2-9,13,20H,10-12H2,1H3/p+1/t13-/m0/s1. The lowest BCUT2D eigenvalue weighted by Gasteiger charge is -2.21. The number of carbonyl (C=O) groups is 1. The van der Waals surface area contributed by atoms with Gasteiger partial charge in [0, 0.05) is 22.3 Å². The molecule has 114 valence electrons. The van der Waals surface area contributed by atoms with Crippen LogP contribution in [-0.4, -0.2) is 18.5 Å². The molecule has 0 unspecified atom stereocenters. The lowest BCUT2D eigenvalue weighted by atomic mass is 10.1. The van der Waals surface area contributed by atoms with Crippen molar-refractivity contribution in [3.8, 4) is 0 Å². The van der Waals surface area contributed by atoms with Gasteiger partial charge in [-0.2, -0.15) is 0 Å². The number of carbonyl (C=O) groups excluding carboxylic acids is 1. The molecular formula is C18H20ClN2O+. The number of quaternary nitrogens is 1. The number of hydrogen-bond donors (Lipinski definition) is 1. The minimum absolute atomic E-state index is 0.173. The Morgan fingerprint density at radius 3 is 2.73 bits per heavy atom. The van der Waals surface area contributed by atoms with Crippen molar-refractivity contribution in [1.29, 1.82) is 0 Å². The normalized spacial score (nSPS) is 16.6. The van der Waals surface area contributed by atoms with E-state index in [4.69, 9.17) is 11.6 Å². The van der Waals surface area contributed by atoms with Crippen molar-refractivity contribution >= 4 is 23.2 Å². The molecule has 0 aliphatic carbocycles. The van der Waals surface area contributed by atoms with Crippen molar-refractivity contribution in [3.05, 3.63) is 64.7 Å². The fourth-order valence-corrected chi connectivity index (χ4v) is 3.15. The number of rotatable bonds is 4. The number of nitrogens with zero attached hydrogens (tertiary/aromatic N) is 1. The van der Waals surface area contributed by atoms with Crippen molar-refractivity contribution in [2.75, 3.05) is 11.4 Å². The van der Waals surface area contributed by atoms with Gasteiger partial charge in [0.1, 0.15) is 6.54 Å². The third kappa shape index (κ3) is 3.16. The highest BCUT2D eigenvalue weighted by Gasteiger charge is 2.30. The van der Waals surface area contributed by atoms with Crippen LogP contribution in [0.3, 0.4) is 0 Å². The summed E-state index contributed by atoms with van der Waals surface area (Å²) in [7, 11) is 0. The van der Waals surface area contributed by atoms with Gasteiger partial charge in [0.05, 0.1) is 0 Å². The van der Waals surface area contributed by atoms with Crippen molar-refractivity contribution in [2.45, 2.75) is 25.9 Å². The summed E-state index contributed by atoms with van der Waals surface area (Å²) in [6.07, 6.45) is 0.944. The van der Waals surface area contributed by atoms with Crippen LogP contribution >= 0.6 is 11.6 Å². The van der Waals surface area contributed by atoms with E-state index in [-0.39, 0.29) is 11.9 Å². The first-order valence-electron chi connectivity index (χ1n) is 7.61. The summed E-state index contributed by atoms with van der Waals surface area (Å²) >= 11 is 5.88. The molecule has 0 radical (unpaired) electrons. The zero-order valence-corrected chi connectivity index (χ0v) is 13.4. The monoisotopic (exact) mass is 315 g/mol. The maximum atomic E-state index is 12.5. The van der Waals surface area contributed by atoms with Gasteiger partial charge in [-0.15, -0.1) is 0 Å². The van der Waals surface area contributed by atoms with Crippen LogP contribution in [0.1, 0.15) is 18.1 Å². The van der Waals surface area contributed by atoms with Crippen molar-refractivity contribution in [3.63, 3.8) is 0 Å². The summed E-state index contributed by atoms with van der Waals surface area (Å²) in [6.45, 7) is 3.35. The molecular weight excluding hydrogens is 296 g/mol. The van der Waals surface area contributed by atoms with Gasteiger partial charge < -0.3 is 10.2 Å². The molecule has 0 aromatic heterocycles. The van der Waals surface area contributed by atoms with Gasteiger partial charge in [0.2, 0.25) is 0 Å². The molecule has 1 aliphatic rings. The average Bonchev–Trinajstić information content (AvgIpc) is 2.85. The Kier molecular flexibility index (Phi) is 4.46. The zero-order valence-electron chi connectivity index (χ0n) is 12.6. The van der Waals surface area contributed by atoms with E-state index in [0.717, 1.165) is 23.7 Å². The molecule has 22 heavy (non-hydrogen) atoms. The molecule has 1 aliphatic heterocycles. The molecule has 2 N–H and O–H groups in total. The van der Waals surface area contributed by atoms with Crippen LogP contribution in [-0.2, 0) is 17.8 Å². The summed E-state index contributed by atoms with van der Waals surface area (Å²) in [5.41, 5.74) is 3.51. The predicted octanol–water partition coefficient (Wildman–Crippen LogP) is 2.38. The van der Waals surface area contributed by atoms with Crippen LogP contribution in [0.5, 0.6) is 0 Å². The van der Waals surface area contributed by atoms with Crippen LogP contribution in [0.15, 0.2) is 48.5 Å². The Morgan fingerprint density at radius 1 is 1.23 bits per heavy atom. The second-order valence-corrected chi connectivity index (χ2v) is 6.21. The Morgan fingerprint density at radius 2 is 1.95 bits per heavy atom. The molecule has 3 nitrogen and oxygen atoms in total. The fourth-order valence-electron chi connectivity index (χ4n) is 3.03. The maximum absolute atomic E-state index is 12.5. The minimum Gasteiger partial charge on any atom is -0.335 e. The maximum Gasteiger partial charge on any atom is 0.282 e. The van der Waals surface area contributed by atoms with Gasteiger partial charge in [-0.05, 0) is 37.1 Å². The Hall–Kier alpha value is -1.84. The summed E-state index contributed by atoms with van der Waals surface area (Å²) < 4.78 is 0. The predicted molar refractivity (Wildman–Crippen MR) is 89.0 cm³/mol. The Labute approximate surface area is 135 Å². The van der Waals surface area contributed by atoms with Crippen molar-refractivity contribution in [1.82, 2.24) is 0 Å². The molecule has 1 atom stereocenters. The molecule has 2 aromatic carbocycles. The van der Waals surface area contributed by atoms with Gasteiger partial charge >= 0.3 is 0 Å². The van der Waals surface area contributed by atoms with Crippen LogP contribution in [0, 0.1) is 0 Å². The van der Waals surface area contributed by atoms with Gasteiger partial charge in [-0.25, -0.2) is 0 Å². The van der Waals surface area contributed by atoms with E-state index < -0.39 is 0 Å². The average molecular weight is 316 g/mol. The number of anilines is 1. The van der Waals surface area contributed by atoms with Gasteiger partial charge in [-0.1, -0.05) is 41.9 Å². The summed E-state index contributed by atoms with van der Waals surface area (Å²) in [4.78, 5) is 14.5. The second-order valence-electron chi connectivity index (χ2n) is 5.77. The molecule has 2 aromatic rings. The van der Waals surface area contributed by atoms with Crippen LogP contribution in [0.4, 0.5) is 5.69 Å². The number of nitrogens with two attached hydrogens (primary N) is 1. The fraction of sp³-hybridized carbons (Fsp3) is 0.278. The number of benzene rings is 2. The van der Waals surface area contributed by atoms with E-state index in [0.29, 0.717) is 6.54 Å². The summed E-state index contributed by atoms with van der Waals surface area (Å²) in [5, 5.41) is 2.78. The smallest absolute Gasteiger partial charge is 0.282 e. The van der Waals surface area contributed by atoms with Gasteiger partial charge in [0.15, 0.2) is 6.54 Å². The van der Waals surface area contributed by atoms with E-state index in [1.807, 2.05) is 52.7 Å². The number of fused-ring (bicyclic) bond motifs is 1.